The summed E-state index contributed by atoms with van der Waals surface area (Å²) < 4.78 is 69.6. The second-order valence-corrected chi connectivity index (χ2v) is 13.5. The number of ether oxygens (including phenoxy) is 1. The van der Waals surface area contributed by atoms with Crippen molar-refractivity contribution in [2.24, 2.45) is 0 Å². The number of halogens is 5. The molecule has 15 heteroatoms. The molecule has 2 saturated carbocycles. The van der Waals surface area contributed by atoms with Gasteiger partial charge in [-0.2, -0.15) is 18.4 Å². The Hall–Kier alpha value is -3.08. The molecule has 5 rings (SSSR count). The number of sulfone groups is 1. The van der Waals surface area contributed by atoms with E-state index in [1.54, 1.807) is 12.1 Å². The number of nitriles is 1. The molecule has 9 nitrogen and oxygen atoms in total. The molecule has 2 atom stereocenters. The smallest absolute Gasteiger partial charge is 0.422 e. The fourth-order valence-corrected chi connectivity index (χ4v) is 7.33. The van der Waals surface area contributed by atoms with Gasteiger partial charge in [-0.25, -0.2) is 8.42 Å². The third-order valence-corrected chi connectivity index (χ3v) is 10.4. The van der Waals surface area contributed by atoms with Gasteiger partial charge in [0.2, 0.25) is 11.8 Å². The fraction of sp³-hybridized carbons (Fsp3) is 0.462. The highest BCUT2D eigenvalue weighted by atomic mass is 35.5. The maximum Gasteiger partial charge on any atom is 0.422 e. The molecule has 1 aliphatic heterocycles. The van der Waals surface area contributed by atoms with Crippen LogP contribution in [0, 0.1) is 11.3 Å². The molecule has 3 aliphatic rings. The summed E-state index contributed by atoms with van der Waals surface area (Å²) in [5.41, 5.74) is -1.64. The number of carbonyl (C=O) groups excluding carboxylic acids is 2. The molecule has 2 heterocycles. The van der Waals surface area contributed by atoms with E-state index in [0.29, 0.717) is 36.4 Å². The van der Waals surface area contributed by atoms with Crippen molar-refractivity contribution in [3.05, 3.63) is 52.3 Å². The number of likely N-dealkylation sites (tertiary alicyclic amines) is 1. The zero-order chi connectivity index (χ0) is 29.8. The van der Waals surface area contributed by atoms with E-state index in [9.17, 15) is 36.4 Å². The number of benzene rings is 1. The Kier molecular flexibility index (Phi) is 7.41. The predicted octanol–water partition coefficient (Wildman–Crippen LogP) is 3.98. The van der Waals surface area contributed by atoms with E-state index in [4.69, 9.17) is 23.2 Å². The molecule has 1 aromatic carbocycles. The van der Waals surface area contributed by atoms with Gasteiger partial charge in [-0.1, -0.05) is 23.2 Å². The van der Waals surface area contributed by atoms with Crippen molar-refractivity contribution in [1.82, 2.24) is 15.2 Å². The van der Waals surface area contributed by atoms with Gasteiger partial charge in [-0.3, -0.25) is 14.6 Å². The minimum atomic E-state index is -4.60. The van der Waals surface area contributed by atoms with Crippen molar-refractivity contribution in [3.8, 4) is 11.8 Å². The van der Waals surface area contributed by atoms with Crippen LogP contribution < -0.4 is 10.1 Å². The summed E-state index contributed by atoms with van der Waals surface area (Å²) in [6, 6.07) is 7.13. The lowest BCUT2D eigenvalue weighted by atomic mass is 9.99. The van der Waals surface area contributed by atoms with Gasteiger partial charge < -0.3 is 15.0 Å². The molecule has 1 N–H and O–H groups in total. The van der Waals surface area contributed by atoms with Crippen LogP contribution in [0.1, 0.15) is 37.8 Å². The summed E-state index contributed by atoms with van der Waals surface area (Å²) in [7, 11) is -4.27. The summed E-state index contributed by atoms with van der Waals surface area (Å²) in [6.07, 6.45) is -1.71. The lowest BCUT2D eigenvalue weighted by Crippen LogP contribution is -2.51. The van der Waals surface area contributed by atoms with Crippen LogP contribution in [0.5, 0.6) is 5.75 Å². The molecule has 2 amide bonds. The van der Waals surface area contributed by atoms with E-state index in [-0.39, 0.29) is 28.6 Å². The van der Waals surface area contributed by atoms with Crippen LogP contribution in [0.25, 0.3) is 0 Å². The molecule has 0 radical (unpaired) electrons. The number of alkyl halides is 3. The first-order valence-electron chi connectivity index (χ1n) is 12.6. The number of nitrogens with one attached hydrogen (secondary N) is 1. The maximum absolute atomic E-state index is 13.9. The third kappa shape index (κ3) is 5.82. The van der Waals surface area contributed by atoms with Gasteiger partial charge >= 0.3 is 6.18 Å². The Morgan fingerprint density at radius 2 is 1.88 bits per heavy atom. The van der Waals surface area contributed by atoms with Crippen molar-refractivity contribution in [2.75, 3.05) is 13.2 Å². The Labute approximate surface area is 243 Å². The number of aromatic nitrogens is 1. The molecule has 218 valence electrons. The van der Waals surface area contributed by atoms with Crippen molar-refractivity contribution < 1.29 is 35.9 Å². The third-order valence-electron chi connectivity index (χ3n) is 7.58. The number of rotatable bonds is 8. The van der Waals surface area contributed by atoms with Gasteiger partial charge in [0.05, 0.1) is 37.4 Å². The Morgan fingerprint density at radius 3 is 2.41 bits per heavy atom. The molecule has 3 fully saturated rings. The summed E-state index contributed by atoms with van der Waals surface area (Å²) >= 11 is 12.1. The maximum atomic E-state index is 13.9. The SMILES string of the molecule is N#CC1(NC(=O)[C@@H]2C[C@@H](S(=O)(=O)c3ccc(OCC(F)(F)F)cc3Cl)CN2C(=O)C2(c3ccc(Cl)cn3)CC2)CC1. The van der Waals surface area contributed by atoms with Crippen LogP contribution >= 0.6 is 23.2 Å². The number of hydrogen-bond donors (Lipinski definition) is 1. The summed E-state index contributed by atoms with van der Waals surface area (Å²) in [5, 5.41) is 10.9. The van der Waals surface area contributed by atoms with Gasteiger partial charge in [0, 0.05) is 18.8 Å². The van der Waals surface area contributed by atoms with Crippen LogP contribution in [-0.2, 0) is 24.8 Å². The summed E-state index contributed by atoms with van der Waals surface area (Å²) in [5.74, 6) is -1.38. The molecule has 1 saturated heterocycles. The highest BCUT2D eigenvalue weighted by Gasteiger charge is 2.59. The van der Waals surface area contributed by atoms with E-state index in [2.05, 4.69) is 15.0 Å². The highest BCUT2D eigenvalue weighted by Crippen LogP contribution is 2.50. The first kappa shape index (κ1) is 29.4. The van der Waals surface area contributed by atoms with Gasteiger partial charge in [0.15, 0.2) is 16.4 Å². The topological polar surface area (TPSA) is 129 Å². The van der Waals surface area contributed by atoms with E-state index >= 15 is 0 Å². The van der Waals surface area contributed by atoms with Crippen molar-refractivity contribution in [2.45, 2.75) is 65.4 Å². The Bertz CT molecular complexity index is 1540. The molecule has 2 aliphatic carbocycles. The van der Waals surface area contributed by atoms with Crippen LogP contribution in [-0.4, -0.2) is 66.3 Å². The summed E-state index contributed by atoms with van der Waals surface area (Å²) in [4.78, 5) is 32.4. The van der Waals surface area contributed by atoms with E-state index in [0.717, 1.165) is 18.2 Å². The lowest BCUT2D eigenvalue weighted by molar-refractivity contribution is -0.153. The second-order valence-electron chi connectivity index (χ2n) is 10.5. The second kappa shape index (κ2) is 10.3. The minimum Gasteiger partial charge on any atom is -0.484 e. The normalized spacial score (nSPS) is 22.5. The first-order chi connectivity index (χ1) is 19.2. The van der Waals surface area contributed by atoms with Gasteiger partial charge in [0.25, 0.3) is 0 Å². The Morgan fingerprint density at radius 1 is 1.17 bits per heavy atom. The van der Waals surface area contributed by atoms with Crippen LogP contribution in [0.2, 0.25) is 10.0 Å². The minimum absolute atomic E-state index is 0.270. The van der Waals surface area contributed by atoms with Crippen LogP contribution in [0.15, 0.2) is 41.4 Å². The van der Waals surface area contributed by atoms with Gasteiger partial charge in [-0.05, 0) is 56.4 Å². The number of pyridine rings is 1. The molecule has 0 spiro atoms. The predicted molar refractivity (Wildman–Crippen MR) is 140 cm³/mol. The molecule has 0 unspecified atom stereocenters. The molecular weight excluding hydrogens is 608 g/mol. The monoisotopic (exact) mass is 630 g/mol. The molecular formula is C26H23Cl2F3N4O5S. The summed E-state index contributed by atoms with van der Waals surface area (Å²) in [6.45, 7) is -1.92. The Balaban J connectivity index is 1.43. The quantitative estimate of drug-likeness (QED) is 0.467. The zero-order valence-corrected chi connectivity index (χ0v) is 23.6. The lowest BCUT2D eigenvalue weighted by Gasteiger charge is -2.28. The highest BCUT2D eigenvalue weighted by molar-refractivity contribution is 7.92. The van der Waals surface area contributed by atoms with Crippen LogP contribution in [0.3, 0.4) is 0 Å². The van der Waals surface area contributed by atoms with Crippen molar-refractivity contribution >= 4 is 44.9 Å². The molecule has 1 aromatic heterocycles. The standard InChI is InChI=1S/C26H23Cl2F3N4O5S/c27-15-1-4-21(33-11-15)25(7-8-25)23(37)35-12-17(10-19(35)22(36)34-24(13-32)5-6-24)41(38,39)20-3-2-16(9-18(20)28)40-14-26(29,30)31/h1-4,9,11,17,19H,5-8,10,12,14H2,(H,34,36)/t17-,19+/m1/s1. The van der Waals surface area contributed by atoms with E-state index in [1.165, 1.54) is 11.1 Å². The largest absolute Gasteiger partial charge is 0.484 e. The van der Waals surface area contributed by atoms with Gasteiger partial charge in [0.1, 0.15) is 17.3 Å². The van der Waals surface area contributed by atoms with Crippen LogP contribution in [0.4, 0.5) is 13.2 Å². The molecule has 0 bridgehead atoms. The number of carbonyl (C=O) groups is 2. The van der Waals surface area contributed by atoms with Crippen molar-refractivity contribution in [3.63, 3.8) is 0 Å². The average Bonchev–Trinajstić information content (AvgIpc) is 3.83. The van der Waals surface area contributed by atoms with Crippen molar-refractivity contribution in [1.29, 1.82) is 5.26 Å². The van der Waals surface area contributed by atoms with E-state index < -0.39 is 56.7 Å². The van der Waals surface area contributed by atoms with E-state index in [1.807, 2.05) is 6.07 Å². The molecule has 2 aromatic rings. The first-order valence-corrected chi connectivity index (χ1v) is 14.9. The number of nitrogens with zero attached hydrogens (tertiary/aromatic N) is 3. The fourth-order valence-electron chi connectivity index (χ4n) is 4.99. The molecule has 41 heavy (non-hydrogen) atoms. The average molecular weight is 631 g/mol. The zero-order valence-electron chi connectivity index (χ0n) is 21.2. The number of amides is 2. The number of hydrogen-bond acceptors (Lipinski definition) is 7. The van der Waals surface area contributed by atoms with Gasteiger partial charge in [-0.15, -0.1) is 0 Å².